The van der Waals surface area contributed by atoms with E-state index < -0.39 is 6.10 Å². The zero-order chi connectivity index (χ0) is 20.9. The van der Waals surface area contributed by atoms with Gasteiger partial charge in [0.25, 0.3) is 0 Å². The fraction of sp³-hybridized carbons (Fsp3) is 0.304. The van der Waals surface area contributed by atoms with Crippen molar-refractivity contribution in [1.29, 1.82) is 0 Å². The maximum Gasteiger partial charge on any atom is 0.234 e. The highest BCUT2D eigenvalue weighted by molar-refractivity contribution is 5.88. The van der Waals surface area contributed by atoms with Gasteiger partial charge in [-0.05, 0) is 46.2 Å². The SMILES string of the molecule is COc1cc(-c2ccc3cc(OCC(O)CN4CCNC(=O)C4)ccc3c2)ccn1. The molecule has 0 aliphatic carbocycles. The fourth-order valence-corrected chi connectivity index (χ4v) is 3.58. The van der Waals surface area contributed by atoms with E-state index in [0.717, 1.165) is 28.4 Å². The molecule has 1 amide bonds. The Kier molecular flexibility index (Phi) is 6.11. The van der Waals surface area contributed by atoms with Crippen molar-refractivity contribution in [3.8, 4) is 22.8 Å². The summed E-state index contributed by atoms with van der Waals surface area (Å²) in [5.74, 6) is 1.28. The molecule has 7 heteroatoms. The van der Waals surface area contributed by atoms with E-state index in [1.807, 2.05) is 41.3 Å². The first kappa shape index (κ1) is 20.1. The third-order valence-electron chi connectivity index (χ3n) is 5.12. The number of ether oxygens (including phenoxy) is 2. The Morgan fingerprint density at radius 1 is 1.13 bits per heavy atom. The number of pyridine rings is 1. The van der Waals surface area contributed by atoms with E-state index in [0.29, 0.717) is 31.3 Å². The second-order valence-electron chi connectivity index (χ2n) is 7.36. The molecule has 1 aliphatic rings. The molecule has 1 aliphatic heterocycles. The standard InChI is InChI=1S/C23H25N3O4/c1-29-23-12-19(6-7-25-23)16-2-3-18-11-21(5-4-17(18)10-16)30-15-20(27)13-26-9-8-24-22(28)14-26/h2-7,10-12,20,27H,8-9,13-15H2,1H3,(H,24,28). The van der Waals surface area contributed by atoms with Gasteiger partial charge in [-0.25, -0.2) is 4.98 Å². The van der Waals surface area contributed by atoms with Crippen LogP contribution in [-0.4, -0.2) is 66.9 Å². The van der Waals surface area contributed by atoms with E-state index in [9.17, 15) is 9.90 Å². The van der Waals surface area contributed by atoms with E-state index in [1.165, 1.54) is 0 Å². The Morgan fingerprint density at radius 2 is 1.93 bits per heavy atom. The second-order valence-corrected chi connectivity index (χ2v) is 7.36. The monoisotopic (exact) mass is 407 g/mol. The smallest absolute Gasteiger partial charge is 0.234 e. The molecule has 0 bridgehead atoms. The summed E-state index contributed by atoms with van der Waals surface area (Å²) in [6, 6.07) is 16.0. The maximum atomic E-state index is 11.4. The predicted molar refractivity (Wildman–Crippen MR) is 115 cm³/mol. The van der Waals surface area contributed by atoms with Crippen LogP contribution in [0.15, 0.2) is 54.7 Å². The normalized spacial score (nSPS) is 15.6. The molecule has 1 aromatic heterocycles. The predicted octanol–water partition coefficient (Wildman–Crippen LogP) is 2.08. The molecule has 3 aromatic rings. The van der Waals surface area contributed by atoms with Gasteiger partial charge in [0.2, 0.25) is 11.8 Å². The average Bonchev–Trinajstić information content (AvgIpc) is 2.77. The highest BCUT2D eigenvalue weighted by Crippen LogP contribution is 2.28. The molecular formula is C23H25N3O4. The number of hydrogen-bond acceptors (Lipinski definition) is 6. The minimum atomic E-state index is -0.657. The molecule has 1 unspecified atom stereocenters. The van der Waals surface area contributed by atoms with Crippen LogP contribution in [0.4, 0.5) is 0 Å². The second kappa shape index (κ2) is 9.11. The summed E-state index contributed by atoms with van der Waals surface area (Å²) in [5, 5.41) is 15.2. The number of nitrogens with one attached hydrogen (secondary N) is 1. The summed E-state index contributed by atoms with van der Waals surface area (Å²) >= 11 is 0. The van der Waals surface area contributed by atoms with Crippen molar-refractivity contribution in [3.63, 3.8) is 0 Å². The lowest BCUT2D eigenvalue weighted by atomic mass is 10.0. The van der Waals surface area contributed by atoms with E-state index in [1.54, 1.807) is 13.3 Å². The number of fused-ring (bicyclic) bond motifs is 1. The van der Waals surface area contributed by atoms with Gasteiger partial charge in [-0.3, -0.25) is 9.69 Å². The van der Waals surface area contributed by atoms with Crippen LogP contribution in [0.2, 0.25) is 0 Å². The van der Waals surface area contributed by atoms with E-state index in [-0.39, 0.29) is 12.5 Å². The quantitative estimate of drug-likeness (QED) is 0.624. The average molecular weight is 407 g/mol. The summed E-state index contributed by atoms with van der Waals surface area (Å²) in [5.41, 5.74) is 2.12. The summed E-state index contributed by atoms with van der Waals surface area (Å²) in [6.07, 6.45) is 1.08. The van der Waals surface area contributed by atoms with Crippen molar-refractivity contribution < 1.29 is 19.4 Å². The number of aliphatic hydroxyl groups is 1. The molecule has 2 heterocycles. The molecule has 1 fully saturated rings. The van der Waals surface area contributed by atoms with Crippen molar-refractivity contribution in [2.45, 2.75) is 6.10 Å². The summed E-state index contributed by atoms with van der Waals surface area (Å²) in [4.78, 5) is 17.5. The highest BCUT2D eigenvalue weighted by atomic mass is 16.5. The van der Waals surface area contributed by atoms with Crippen LogP contribution in [0.5, 0.6) is 11.6 Å². The van der Waals surface area contributed by atoms with Gasteiger partial charge in [0.15, 0.2) is 0 Å². The van der Waals surface area contributed by atoms with Gasteiger partial charge in [-0.1, -0.05) is 18.2 Å². The summed E-state index contributed by atoms with van der Waals surface area (Å²) < 4.78 is 11.0. The van der Waals surface area contributed by atoms with Crippen LogP contribution < -0.4 is 14.8 Å². The lowest BCUT2D eigenvalue weighted by Gasteiger charge is -2.28. The molecule has 1 atom stereocenters. The lowest BCUT2D eigenvalue weighted by molar-refractivity contribution is -0.124. The van der Waals surface area contributed by atoms with E-state index in [4.69, 9.17) is 9.47 Å². The number of aromatic nitrogens is 1. The van der Waals surface area contributed by atoms with Crippen LogP contribution in [0, 0.1) is 0 Å². The molecule has 30 heavy (non-hydrogen) atoms. The number of rotatable bonds is 7. The summed E-state index contributed by atoms with van der Waals surface area (Å²) in [6.45, 7) is 2.27. The Morgan fingerprint density at radius 3 is 2.77 bits per heavy atom. The molecule has 2 N–H and O–H groups in total. The molecule has 7 nitrogen and oxygen atoms in total. The van der Waals surface area contributed by atoms with Gasteiger partial charge in [0.1, 0.15) is 18.5 Å². The van der Waals surface area contributed by atoms with Gasteiger partial charge in [0, 0.05) is 31.9 Å². The maximum absolute atomic E-state index is 11.4. The van der Waals surface area contributed by atoms with E-state index >= 15 is 0 Å². The number of amides is 1. The first-order valence-corrected chi connectivity index (χ1v) is 9.95. The van der Waals surface area contributed by atoms with Crippen molar-refractivity contribution in [1.82, 2.24) is 15.2 Å². The highest BCUT2D eigenvalue weighted by Gasteiger charge is 2.19. The molecular weight excluding hydrogens is 382 g/mol. The minimum absolute atomic E-state index is 0.00604. The number of piperazine rings is 1. The van der Waals surface area contributed by atoms with Crippen molar-refractivity contribution >= 4 is 16.7 Å². The third kappa shape index (κ3) is 4.87. The van der Waals surface area contributed by atoms with Gasteiger partial charge in [-0.2, -0.15) is 0 Å². The summed E-state index contributed by atoms with van der Waals surface area (Å²) in [7, 11) is 1.61. The lowest BCUT2D eigenvalue weighted by Crippen LogP contribution is -2.50. The van der Waals surface area contributed by atoms with Gasteiger partial charge < -0.3 is 19.9 Å². The number of carbonyl (C=O) groups is 1. The number of methoxy groups -OCH3 is 1. The van der Waals surface area contributed by atoms with Crippen LogP contribution in [-0.2, 0) is 4.79 Å². The molecule has 4 rings (SSSR count). The Bertz CT molecular complexity index is 1040. The molecule has 0 saturated carbocycles. The van der Waals surface area contributed by atoms with Gasteiger partial charge >= 0.3 is 0 Å². The number of β-amino-alcohol motifs (C(OH)–C–C–N with tert-alkyl or cyclic N) is 1. The van der Waals surface area contributed by atoms with Gasteiger partial charge in [-0.15, -0.1) is 0 Å². The third-order valence-corrected chi connectivity index (χ3v) is 5.12. The van der Waals surface area contributed by atoms with Crippen molar-refractivity contribution in [3.05, 3.63) is 54.7 Å². The van der Waals surface area contributed by atoms with Crippen LogP contribution >= 0.6 is 0 Å². The van der Waals surface area contributed by atoms with Gasteiger partial charge in [0.05, 0.1) is 13.7 Å². The zero-order valence-electron chi connectivity index (χ0n) is 16.9. The topological polar surface area (TPSA) is 83.9 Å². The minimum Gasteiger partial charge on any atom is -0.491 e. The first-order valence-electron chi connectivity index (χ1n) is 9.95. The molecule has 0 spiro atoms. The molecule has 1 saturated heterocycles. The van der Waals surface area contributed by atoms with Crippen molar-refractivity contribution in [2.24, 2.45) is 0 Å². The van der Waals surface area contributed by atoms with Crippen LogP contribution in [0.1, 0.15) is 0 Å². The number of benzene rings is 2. The van der Waals surface area contributed by atoms with Crippen LogP contribution in [0.3, 0.4) is 0 Å². The Labute approximate surface area is 175 Å². The molecule has 2 aromatic carbocycles. The van der Waals surface area contributed by atoms with Crippen LogP contribution in [0.25, 0.3) is 21.9 Å². The first-order chi connectivity index (χ1) is 14.6. The van der Waals surface area contributed by atoms with E-state index in [2.05, 4.69) is 22.4 Å². The largest absolute Gasteiger partial charge is 0.491 e. The number of carbonyl (C=O) groups excluding carboxylic acids is 1. The zero-order valence-corrected chi connectivity index (χ0v) is 16.9. The number of aliphatic hydroxyl groups excluding tert-OH is 1. The number of hydrogen-bond donors (Lipinski definition) is 2. The molecule has 0 radical (unpaired) electrons. The van der Waals surface area contributed by atoms with Crippen molar-refractivity contribution in [2.75, 3.05) is 39.9 Å². The number of nitrogens with zero attached hydrogens (tertiary/aromatic N) is 2. The molecule has 156 valence electrons. The Hall–Kier alpha value is -3.16. The Balaban J connectivity index is 1.40. The fourth-order valence-electron chi connectivity index (χ4n) is 3.58.